The van der Waals surface area contributed by atoms with Crippen molar-refractivity contribution < 1.29 is 1.43 Å². The Kier molecular flexibility index (Phi) is 2.62. The zero-order valence-electron chi connectivity index (χ0n) is 8.03. The van der Waals surface area contributed by atoms with E-state index >= 15 is 0 Å². The summed E-state index contributed by atoms with van der Waals surface area (Å²) in [7, 11) is 2.19. The number of benzene rings is 1. The largest absolute Gasteiger partial charge is 0.314 e. The first kappa shape index (κ1) is 8.73. The van der Waals surface area contributed by atoms with Crippen molar-refractivity contribution in [3.8, 4) is 0 Å². The highest BCUT2D eigenvalue weighted by atomic mass is 15.2. The van der Waals surface area contributed by atoms with E-state index in [1.165, 1.54) is 5.56 Å². The maximum atomic E-state index is 3.42. The van der Waals surface area contributed by atoms with Crippen LogP contribution in [0.2, 0.25) is 0 Å². The molecule has 1 aliphatic heterocycles. The molecule has 0 bridgehead atoms. The molecule has 1 atom stereocenters. The highest BCUT2D eigenvalue weighted by molar-refractivity contribution is 5.19. The molecule has 1 fully saturated rings. The van der Waals surface area contributed by atoms with Crippen LogP contribution in [0.4, 0.5) is 0 Å². The van der Waals surface area contributed by atoms with Crippen molar-refractivity contribution in [2.45, 2.75) is 6.04 Å². The van der Waals surface area contributed by atoms with Gasteiger partial charge in [-0.25, -0.2) is 0 Å². The lowest BCUT2D eigenvalue weighted by atomic mass is 10.0. The molecular weight excluding hydrogens is 160 g/mol. The molecule has 0 unspecified atom stereocenters. The molecule has 1 saturated heterocycles. The van der Waals surface area contributed by atoms with Crippen molar-refractivity contribution in [2.75, 3.05) is 26.7 Å². The second-order valence-corrected chi connectivity index (χ2v) is 3.61. The van der Waals surface area contributed by atoms with E-state index in [4.69, 9.17) is 0 Å². The van der Waals surface area contributed by atoms with Crippen LogP contribution in [0.1, 0.15) is 13.0 Å². The van der Waals surface area contributed by atoms with Crippen LogP contribution in [-0.4, -0.2) is 31.6 Å². The molecule has 72 valence electrons. The maximum Gasteiger partial charge on any atom is 0.0470 e. The first-order chi connectivity index (χ1) is 6.38. The fourth-order valence-corrected chi connectivity index (χ4v) is 1.85. The van der Waals surface area contributed by atoms with Crippen LogP contribution >= 0.6 is 0 Å². The van der Waals surface area contributed by atoms with E-state index in [1.807, 2.05) is 0 Å². The zero-order chi connectivity index (χ0) is 9.10. The van der Waals surface area contributed by atoms with Crippen LogP contribution in [-0.2, 0) is 0 Å². The molecule has 1 aromatic carbocycles. The van der Waals surface area contributed by atoms with E-state index < -0.39 is 0 Å². The summed E-state index contributed by atoms with van der Waals surface area (Å²) in [5, 5.41) is 3.42. The van der Waals surface area contributed by atoms with E-state index in [2.05, 4.69) is 47.6 Å². The molecule has 1 aliphatic rings. The van der Waals surface area contributed by atoms with Crippen LogP contribution in [0.15, 0.2) is 30.3 Å². The maximum absolute atomic E-state index is 3.42. The van der Waals surface area contributed by atoms with Crippen molar-refractivity contribution in [2.24, 2.45) is 0 Å². The minimum atomic E-state index is 0. The lowest BCUT2D eigenvalue weighted by Crippen LogP contribution is -2.43. The van der Waals surface area contributed by atoms with Gasteiger partial charge < -0.3 is 5.32 Å². The number of nitrogens with zero attached hydrogens (tertiary/aromatic N) is 1. The molecule has 2 heteroatoms. The van der Waals surface area contributed by atoms with Crippen LogP contribution in [0, 0.1) is 0 Å². The SMILES string of the molecule is CN1CCNC[C@@H]1c1ccccc1.[HH]. The van der Waals surface area contributed by atoms with E-state index in [0.29, 0.717) is 6.04 Å². The van der Waals surface area contributed by atoms with Gasteiger partial charge >= 0.3 is 0 Å². The fourth-order valence-electron chi connectivity index (χ4n) is 1.85. The third-order valence-electron chi connectivity index (χ3n) is 2.70. The van der Waals surface area contributed by atoms with Crippen molar-refractivity contribution >= 4 is 0 Å². The van der Waals surface area contributed by atoms with Crippen molar-refractivity contribution in [1.82, 2.24) is 10.2 Å². The number of likely N-dealkylation sites (N-methyl/N-ethyl adjacent to an activating group) is 1. The predicted molar refractivity (Wildman–Crippen MR) is 56.8 cm³/mol. The Morgan fingerprint density at radius 1 is 1.38 bits per heavy atom. The number of hydrogen-bond acceptors (Lipinski definition) is 2. The van der Waals surface area contributed by atoms with Gasteiger partial charge in [0.05, 0.1) is 0 Å². The monoisotopic (exact) mass is 178 g/mol. The minimum absolute atomic E-state index is 0. The standard InChI is InChI=1S/C11H16N2.H2/c1-13-8-7-12-9-11(13)10-5-3-2-4-6-10;/h2-6,11-12H,7-9H2,1H3;1H/t11-;/m1./s1. The fraction of sp³-hybridized carbons (Fsp3) is 0.455. The number of rotatable bonds is 1. The normalized spacial score (nSPS) is 24.5. The number of hydrogen-bond donors (Lipinski definition) is 1. The first-order valence-corrected chi connectivity index (χ1v) is 4.84. The molecule has 1 N–H and O–H groups in total. The molecule has 0 spiro atoms. The summed E-state index contributed by atoms with van der Waals surface area (Å²) in [5.41, 5.74) is 1.41. The van der Waals surface area contributed by atoms with Gasteiger partial charge in [0.1, 0.15) is 0 Å². The second-order valence-electron chi connectivity index (χ2n) is 3.61. The third-order valence-corrected chi connectivity index (χ3v) is 2.70. The summed E-state index contributed by atoms with van der Waals surface area (Å²) in [6.07, 6.45) is 0. The van der Waals surface area contributed by atoms with Crippen molar-refractivity contribution in [3.05, 3.63) is 35.9 Å². The van der Waals surface area contributed by atoms with Crippen LogP contribution in [0.25, 0.3) is 0 Å². The van der Waals surface area contributed by atoms with Gasteiger partial charge in [-0.1, -0.05) is 30.3 Å². The van der Waals surface area contributed by atoms with Gasteiger partial charge in [0.25, 0.3) is 0 Å². The van der Waals surface area contributed by atoms with E-state index in [-0.39, 0.29) is 1.43 Å². The number of piperazine rings is 1. The summed E-state index contributed by atoms with van der Waals surface area (Å²) < 4.78 is 0. The van der Waals surface area contributed by atoms with E-state index in [0.717, 1.165) is 19.6 Å². The Morgan fingerprint density at radius 3 is 2.85 bits per heavy atom. The molecule has 2 nitrogen and oxygen atoms in total. The summed E-state index contributed by atoms with van der Waals surface area (Å²) in [6.45, 7) is 3.32. The van der Waals surface area contributed by atoms with Gasteiger partial charge in [-0.2, -0.15) is 0 Å². The lowest BCUT2D eigenvalue weighted by molar-refractivity contribution is 0.202. The summed E-state index contributed by atoms with van der Waals surface area (Å²) >= 11 is 0. The zero-order valence-corrected chi connectivity index (χ0v) is 8.03. The Hall–Kier alpha value is -0.860. The van der Waals surface area contributed by atoms with Gasteiger partial charge in [0.2, 0.25) is 0 Å². The predicted octanol–water partition coefficient (Wildman–Crippen LogP) is 1.51. The molecule has 2 rings (SSSR count). The van der Waals surface area contributed by atoms with Crippen molar-refractivity contribution in [3.63, 3.8) is 0 Å². The number of nitrogens with one attached hydrogen (secondary N) is 1. The summed E-state index contributed by atoms with van der Waals surface area (Å²) in [4.78, 5) is 2.41. The van der Waals surface area contributed by atoms with Crippen LogP contribution < -0.4 is 5.32 Å². The summed E-state index contributed by atoms with van der Waals surface area (Å²) in [5.74, 6) is 0. The average molecular weight is 178 g/mol. The minimum Gasteiger partial charge on any atom is -0.314 e. The molecule has 13 heavy (non-hydrogen) atoms. The molecule has 0 saturated carbocycles. The smallest absolute Gasteiger partial charge is 0.0470 e. The van der Waals surface area contributed by atoms with Gasteiger partial charge in [-0.05, 0) is 12.6 Å². The molecule has 1 aromatic rings. The highest BCUT2D eigenvalue weighted by Gasteiger charge is 2.19. The lowest BCUT2D eigenvalue weighted by Gasteiger charge is -2.33. The third kappa shape index (κ3) is 1.90. The highest BCUT2D eigenvalue weighted by Crippen LogP contribution is 2.19. The first-order valence-electron chi connectivity index (χ1n) is 4.84. The molecule has 0 aliphatic carbocycles. The second kappa shape index (κ2) is 3.90. The Morgan fingerprint density at radius 2 is 2.15 bits per heavy atom. The van der Waals surface area contributed by atoms with Crippen LogP contribution in [0.5, 0.6) is 0 Å². The van der Waals surface area contributed by atoms with Gasteiger partial charge in [0.15, 0.2) is 0 Å². The average Bonchev–Trinajstić information content (AvgIpc) is 2.20. The molecule has 0 aromatic heterocycles. The Bertz CT molecular complexity index is 263. The quantitative estimate of drug-likeness (QED) is 0.701. The van der Waals surface area contributed by atoms with E-state index in [9.17, 15) is 0 Å². The molecule has 1 heterocycles. The van der Waals surface area contributed by atoms with E-state index in [1.54, 1.807) is 0 Å². The topological polar surface area (TPSA) is 15.3 Å². The van der Waals surface area contributed by atoms with Crippen molar-refractivity contribution in [1.29, 1.82) is 0 Å². The summed E-state index contributed by atoms with van der Waals surface area (Å²) in [6, 6.07) is 11.2. The Labute approximate surface area is 81.0 Å². The van der Waals surface area contributed by atoms with Gasteiger partial charge in [-0.3, -0.25) is 4.90 Å². The van der Waals surface area contributed by atoms with Gasteiger partial charge in [0, 0.05) is 27.1 Å². The molecular formula is C11H18N2. The van der Waals surface area contributed by atoms with Gasteiger partial charge in [-0.15, -0.1) is 0 Å². The Balaban J connectivity index is 0.000000980. The molecule has 0 radical (unpaired) electrons. The van der Waals surface area contributed by atoms with Crippen LogP contribution in [0.3, 0.4) is 0 Å². The molecule has 0 amide bonds.